The monoisotopic (exact) mass is 298 g/mol. The average Bonchev–Trinajstić information content (AvgIpc) is 2.74. The zero-order valence-electron chi connectivity index (χ0n) is 9.90. The summed E-state index contributed by atoms with van der Waals surface area (Å²) in [7, 11) is 1.61. The molecular weight excluding hydrogens is 284 g/mol. The summed E-state index contributed by atoms with van der Waals surface area (Å²) < 4.78 is 11.4. The zero-order chi connectivity index (χ0) is 12.4. The van der Waals surface area contributed by atoms with E-state index in [4.69, 9.17) is 9.47 Å². The number of ketones is 1. The number of ether oxygens (including phenoxy) is 2. The van der Waals surface area contributed by atoms with Crippen LogP contribution in [0.25, 0.3) is 0 Å². The lowest BCUT2D eigenvalue weighted by atomic mass is 9.92. The molecule has 1 saturated heterocycles. The molecule has 0 saturated carbocycles. The number of carbonyl (C=O) groups excluding carboxylic acids is 1. The first-order valence-electron chi connectivity index (χ1n) is 5.63. The fourth-order valence-electron chi connectivity index (χ4n) is 2.11. The molecular formula is C13H15BrO3. The van der Waals surface area contributed by atoms with Gasteiger partial charge >= 0.3 is 0 Å². The molecule has 0 radical (unpaired) electrons. The standard InChI is InChI=1S/C13H15BrO3/c1-8-10(5-6-17-8)13(15)9-3-4-12(16-2)11(14)7-9/h3-4,7-8,10H,5-6H2,1-2H3. The predicted octanol–water partition coefficient (Wildman–Crippen LogP) is 3.07. The minimum atomic E-state index is -0.0182. The van der Waals surface area contributed by atoms with Gasteiger partial charge in [-0.1, -0.05) is 0 Å². The minimum absolute atomic E-state index is 0.0170. The van der Waals surface area contributed by atoms with Crippen LogP contribution in [0.5, 0.6) is 5.75 Å². The Balaban J connectivity index is 2.22. The number of benzene rings is 1. The second-order valence-corrected chi connectivity index (χ2v) is 5.04. The second-order valence-electron chi connectivity index (χ2n) is 4.18. The largest absolute Gasteiger partial charge is 0.496 e. The Morgan fingerprint density at radius 1 is 1.53 bits per heavy atom. The van der Waals surface area contributed by atoms with Gasteiger partial charge in [0.15, 0.2) is 5.78 Å². The van der Waals surface area contributed by atoms with Crippen molar-refractivity contribution < 1.29 is 14.3 Å². The van der Waals surface area contributed by atoms with Gasteiger partial charge in [0.05, 0.1) is 23.6 Å². The van der Waals surface area contributed by atoms with Crippen LogP contribution >= 0.6 is 15.9 Å². The molecule has 0 N–H and O–H groups in total. The highest BCUT2D eigenvalue weighted by atomic mass is 79.9. The third-order valence-corrected chi connectivity index (χ3v) is 3.77. The molecule has 0 aliphatic carbocycles. The third kappa shape index (κ3) is 2.53. The van der Waals surface area contributed by atoms with Crippen molar-refractivity contribution in [2.24, 2.45) is 5.92 Å². The van der Waals surface area contributed by atoms with E-state index in [1.807, 2.05) is 13.0 Å². The van der Waals surface area contributed by atoms with Crippen molar-refractivity contribution in [3.63, 3.8) is 0 Å². The van der Waals surface area contributed by atoms with Gasteiger partial charge in [-0.25, -0.2) is 0 Å². The summed E-state index contributed by atoms with van der Waals surface area (Å²) in [5, 5.41) is 0. The smallest absolute Gasteiger partial charge is 0.168 e. The molecule has 2 unspecified atom stereocenters. The van der Waals surface area contributed by atoms with Gasteiger partial charge in [-0.2, -0.15) is 0 Å². The van der Waals surface area contributed by atoms with Gasteiger partial charge in [-0.05, 0) is 47.5 Å². The first-order valence-corrected chi connectivity index (χ1v) is 6.42. The average molecular weight is 299 g/mol. The molecule has 1 aliphatic rings. The highest BCUT2D eigenvalue weighted by Gasteiger charge is 2.31. The van der Waals surface area contributed by atoms with Crippen molar-refractivity contribution in [2.45, 2.75) is 19.4 Å². The van der Waals surface area contributed by atoms with Gasteiger partial charge in [-0.15, -0.1) is 0 Å². The number of rotatable bonds is 3. The van der Waals surface area contributed by atoms with E-state index >= 15 is 0 Å². The third-order valence-electron chi connectivity index (χ3n) is 3.15. The van der Waals surface area contributed by atoms with E-state index in [0.29, 0.717) is 12.2 Å². The van der Waals surface area contributed by atoms with Gasteiger partial charge in [-0.3, -0.25) is 4.79 Å². The van der Waals surface area contributed by atoms with E-state index in [0.717, 1.165) is 16.6 Å². The lowest BCUT2D eigenvalue weighted by molar-refractivity contribution is 0.0764. The molecule has 2 atom stereocenters. The molecule has 1 aromatic rings. The summed E-state index contributed by atoms with van der Waals surface area (Å²) in [5.41, 5.74) is 0.708. The molecule has 3 nitrogen and oxygen atoms in total. The fraction of sp³-hybridized carbons (Fsp3) is 0.462. The topological polar surface area (TPSA) is 35.5 Å². The van der Waals surface area contributed by atoms with E-state index in [1.54, 1.807) is 19.2 Å². The number of hydrogen-bond acceptors (Lipinski definition) is 3. The Morgan fingerprint density at radius 2 is 2.29 bits per heavy atom. The number of methoxy groups -OCH3 is 1. The van der Waals surface area contributed by atoms with Crippen molar-refractivity contribution >= 4 is 21.7 Å². The summed E-state index contributed by atoms with van der Waals surface area (Å²) in [6.45, 7) is 2.63. The Kier molecular flexibility index (Phi) is 3.84. The van der Waals surface area contributed by atoms with Crippen LogP contribution in [0.15, 0.2) is 22.7 Å². The van der Waals surface area contributed by atoms with E-state index in [9.17, 15) is 4.79 Å². The molecule has 1 aliphatic heterocycles. The fourth-order valence-corrected chi connectivity index (χ4v) is 2.65. The molecule has 0 spiro atoms. The van der Waals surface area contributed by atoms with Crippen molar-refractivity contribution in [1.29, 1.82) is 0 Å². The van der Waals surface area contributed by atoms with E-state index in [-0.39, 0.29) is 17.8 Å². The lowest BCUT2D eigenvalue weighted by Gasteiger charge is -2.13. The first-order chi connectivity index (χ1) is 8.13. The summed E-state index contributed by atoms with van der Waals surface area (Å²) >= 11 is 3.39. The summed E-state index contributed by atoms with van der Waals surface area (Å²) in [6.07, 6.45) is 0.826. The number of carbonyl (C=O) groups is 1. The summed E-state index contributed by atoms with van der Waals surface area (Å²) in [6, 6.07) is 5.42. The van der Waals surface area contributed by atoms with Crippen molar-refractivity contribution in [1.82, 2.24) is 0 Å². The van der Waals surface area contributed by atoms with Crippen molar-refractivity contribution in [2.75, 3.05) is 13.7 Å². The normalized spacial score (nSPS) is 23.7. The molecule has 4 heteroatoms. The lowest BCUT2D eigenvalue weighted by Crippen LogP contribution is -2.21. The molecule has 92 valence electrons. The first kappa shape index (κ1) is 12.6. The predicted molar refractivity (Wildman–Crippen MR) is 68.5 cm³/mol. The van der Waals surface area contributed by atoms with E-state index in [1.165, 1.54) is 0 Å². The number of Topliss-reactive ketones (excluding diaryl/α,β-unsaturated/α-hetero) is 1. The summed E-state index contributed by atoms with van der Waals surface area (Å²) in [5.74, 6) is 0.867. The van der Waals surface area contributed by atoms with E-state index < -0.39 is 0 Å². The minimum Gasteiger partial charge on any atom is -0.496 e. The summed E-state index contributed by atoms with van der Waals surface area (Å²) in [4.78, 5) is 12.3. The van der Waals surface area contributed by atoms with Crippen molar-refractivity contribution in [3.8, 4) is 5.75 Å². The second kappa shape index (κ2) is 5.19. The van der Waals surface area contributed by atoms with E-state index in [2.05, 4.69) is 15.9 Å². The Hall–Kier alpha value is -0.870. The van der Waals surface area contributed by atoms with Gasteiger partial charge in [0.1, 0.15) is 5.75 Å². The van der Waals surface area contributed by atoms with Crippen LogP contribution in [-0.2, 0) is 4.74 Å². The molecule has 0 aromatic heterocycles. The molecule has 2 rings (SSSR count). The van der Waals surface area contributed by atoms with Crippen LogP contribution in [0, 0.1) is 5.92 Å². The van der Waals surface area contributed by atoms with Gasteiger partial charge in [0.2, 0.25) is 0 Å². The van der Waals surface area contributed by atoms with Gasteiger partial charge in [0.25, 0.3) is 0 Å². The molecule has 0 bridgehead atoms. The maximum Gasteiger partial charge on any atom is 0.168 e. The Labute approximate surface area is 109 Å². The van der Waals surface area contributed by atoms with Gasteiger partial charge in [0, 0.05) is 12.2 Å². The maximum atomic E-state index is 12.3. The highest BCUT2D eigenvalue weighted by molar-refractivity contribution is 9.10. The zero-order valence-corrected chi connectivity index (χ0v) is 11.5. The Bertz CT molecular complexity index is 431. The number of hydrogen-bond donors (Lipinski definition) is 0. The molecule has 0 amide bonds. The maximum absolute atomic E-state index is 12.3. The van der Waals surface area contributed by atoms with Crippen molar-refractivity contribution in [3.05, 3.63) is 28.2 Å². The Morgan fingerprint density at radius 3 is 2.82 bits per heavy atom. The molecule has 17 heavy (non-hydrogen) atoms. The van der Waals surface area contributed by atoms with Crippen LogP contribution in [0.2, 0.25) is 0 Å². The molecule has 1 aromatic carbocycles. The number of halogens is 1. The van der Waals surface area contributed by atoms with Gasteiger partial charge < -0.3 is 9.47 Å². The quantitative estimate of drug-likeness (QED) is 0.805. The van der Waals surface area contributed by atoms with Crippen LogP contribution in [-0.4, -0.2) is 25.6 Å². The van der Waals surface area contributed by atoms with Crippen LogP contribution < -0.4 is 4.74 Å². The molecule has 1 fully saturated rings. The van der Waals surface area contributed by atoms with Crippen LogP contribution in [0.3, 0.4) is 0 Å². The highest BCUT2D eigenvalue weighted by Crippen LogP contribution is 2.29. The molecule has 1 heterocycles. The van der Waals surface area contributed by atoms with Crippen LogP contribution in [0.4, 0.5) is 0 Å². The van der Waals surface area contributed by atoms with Crippen LogP contribution in [0.1, 0.15) is 23.7 Å². The SMILES string of the molecule is COc1ccc(C(=O)C2CCOC2C)cc1Br.